The molecule has 1 N–H and O–H groups in total. The quantitative estimate of drug-likeness (QED) is 0.616. The second kappa shape index (κ2) is 3.01. The monoisotopic (exact) mass is 134 g/mol. The van der Waals surface area contributed by atoms with Crippen LogP contribution in [0.15, 0.2) is 31.1 Å². The fraction of sp³-hybridized carbons (Fsp3) is 0.125. The second-order valence-electron chi connectivity index (χ2n) is 2.01. The van der Waals surface area contributed by atoms with Gasteiger partial charge in [0.25, 0.3) is 0 Å². The van der Waals surface area contributed by atoms with Crippen LogP contribution in [-0.4, -0.2) is 10.2 Å². The number of allylic oxidation sites excluding steroid dienone is 3. The molecule has 0 aliphatic carbocycles. The highest BCUT2D eigenvalue weighted by molar-refractivity contribution is 5.70. The minimum Gasteiger partial charge on any atom is -0.285 e. The molecule has 0 fully saturated rings. The first-order chi connectivity index (χ1) is 4.84. The van der Waals surface area contributed by atoms with Crippen LogP contribution in [-0.2, 0) is 0 Å². The van der Waals surface area contributed by atoms with Crippen molar-refractivity contribution in [1.82, 2.24) is 10.2 Å². The Morgan fingerprint density at radius 3 is 3.10 bits per heavy atom. The number of nitrogens with one attached hydrogen (secondary N) is 1. The van der Waals surface area contributed by atoms with E-state index in [9.17, 15) is 0 Å². The summed E-state index contributed by atoms with van der Waals surface area (Å²) in [5, 5.41) is 6.53. The number of hydrogen-bond donors (Lipinski definition) is 1. The molecule has 2 heteroatoms. The minimum atomic E-state index is 0.983. The van der Waals surface area contributed by atoms with Crippen LogP contribution in [0.5, 0.6) is 0 Å². The fourth-order valence-corrected chi connectivity index (χ4v) is 0.724. The molecule has 1 aromatic heterocycles. The summed E-state index contributed by atoms with van der Waals surface area (Å²) in [6.07, 6.45) is 7.48. The van der Waals surface area contributed by atoms with Crippen LogP contribution >= 0.6 is 0 Å². The van der Waals surface area contributed by atoms with Crippen molar-refractivity contribution >= 4 is 5.57 Å². The first-order valence-corrected chi connectivity index (χ1v) is 3.15. The Kier molecular flexibility index (Phi) is 2.05. The highest BCUT2D eigenvalue weighted by atomic mass is 15.1. The molecule has 1 aromatic rings. The molecule has 0 radical (unpaired) electrons. The summed E-state index contributed by atoms with van der Waals surface area (Å²) >= 11 is 0. The van der Waals surface area contributed by atoms with Gasteiger partial charge in [-0.1, -0.05) is 18.7 Å². The summed E-state index contributed by atoms with van der Waals surface area (Å²) < 4.78 is 0. The van der Waals surface area contributed by atoms with Crippen LogP contribution in [0.4, 0.5) is 0 Å². The first kappa shape index (κ1) is 6.81. The van der Waals surface area contributed by atoms with Gasteiger partial charge in [-0.3, -0.25) is 5.10 Å². The standard InChI is InChI=1S/C8H10N2/c1-3-4-7(2)8-5-9-10-6-8/h3-6H,2H2,1H3,(H,9,10). The van der Waals surface area contributed by atoms with Gasteiger partial charge in [0, 0.05) is 11.8 Å². The van der Waals surface area contributed by atoms with E-state index < -0.39 is 0 Å². The molecule has 0 saturated heterocycles. The predicted octanol–water partition coefficient (Wildman–Crippen LogP) is 2.00. The molecular formula is C8H10N2. The van der Waals surface area contributed by atoms with Gasteiger partial charge in [-0.05, 0) is 12.5 Å². The van der Waals surface area contributed by atoms with E-state index in [0.717, 1.165) is 11.1 Å². The van der Waals surface area contributed by atoms with Crippen LogP contribution in [0.1, 0.15) is 12.5 Å². The van der Waals surface area contributed by atoms with E-state index in [1.165, 1.54) is 0 Å². The van der Waals surface area contributed by atoms with E-state index in [1.54, 1.807) is 6.20 Å². The molecule has 0 aliphatic heterocycles. The Hall–Kier alpha value is -1.31. The highest BCUT2D eigenvalue weighted by Crippen LogP contribution is 2.09. The van der Waals surface area contributed by atoms with Gasteiger partial charge in [-0.25, -0.2) is 0 Å². The average Bonchev–Trinajstić information content (AvgIpc) is 2.38. The van der Waals surface area contributed by atoms with Gasteiger partial charge in [0.05, 0.1) is 6.20 Å². The molecule has 0 aromatic carbocycles. The van der Waals surface area contributed by atoms with Crippen molar-refractivity contribution < 1.29 is 0 Å². The lowest BCUT2D eigenvalue weighted by Crippen LogP contribution is -1.70. The largest absolute Gasteiger partial charge is 0.285 e. The predicted molar refractivity (Wildman–Crippen MR) is 42.4 cm³/mol. The number of aromatic amines is 1. The summed E-state index contributed by atoms with van der Waals surface area (Å²) in [5.74, 6) is 0. The third kappa shape index (κ3) is 1.35. The summed E-state index contributed by atoms with van der Waals surface area (Å²) in [6, 6.07) is 0. The van der Waals surface area contributed by atoms with Crippen molar-refractivity contribution in [2.45, 2.75) is 6.92 Å². The van der Waals surface area contributed by atoms with Crippen molar-refractivity contribution in [3.05, 3.63) is 36.7 Å². The molecule has 0 atom stereocenters. The summed E-state index contributed by atoms with van der Waals surface area (Å²) in [6.45, 7) is 5.80. The zero-order valence-electron chi connectivity index (χ0n) is 5.96. The summed E-state index contributed by atoms with van der Waals surface area (Å²) in [7, 11) is 0. The molecule has 0 amide bonds. The molecule has 1 rings (SSSR count). The maximum atomic E-state index is 3.84. The number of aromatic nitrogens is 2. The lowest BCUT2D eigenvalue weighted by molar-refractivity contribution is 1.09. The Morgan fingerprint density at radius 1 is 1.80 bits per heavy atom. The molecular weight excluding hydrogens is 124 g/mol. The normalized spacial score (nSPS) is 10.5. The fourth-order valence-electron chi connectivity index (χ4n) is 0.724. The van der Waals surface area contributed by atoms with Crippen LogP contribution in [0.2, 0.25) is 0 Å². The second-order valence-corrected chi connectivity index (χ2v) is 2.01. The highest BCUT2D eigenvalue weighted by Gasteiger charge is 1.92. The van der Waals surface area contributed by atoms with Gasteiger partial charge in [0.2, 0.25) is 0 Å². The lowest BCUT2D eigenvalue weighted by atomic mass is 10.1. The zero-order valence-corrected chi connectivity index (χ0v) is 5.96. The SMILES string of the molecule is C=C(C=CC)c1cn[nH]c1. The Morgan fingerprint density at radius 2 is 2.60 bits per heavy atom. The van der Waals surface area contributed by atoms with Crippen molar-refractivity contribution in [1.29, 1.82) is 0 Å². The van der Waals surface area contributed by atoms with Crippen LogP contribution in [0.25, 0.3) is 5.57 Å². The minimum absolute atomic E-state index is 0.983. The Bertz CT molecular complexity index is 232. The summed E-state index contributed by atoms with van der Waals surface area (Å²) in [5.41, 5.74) is 2.02. The molecule has 0 saturated carbocycles. The van der Waals surface area contributed by atoms with Crippen LogP contribution in [0, 0.1) is 0 Å². The molecule has 0 unspecified atom stereocenters. The van der Waals surface area contributed by atoms with Crippen LogP contribution in [0.3, 0.4) is 0 Å². The van der Waals surface area contributed by atoms with Crippen molar-refractivity contribution in [2.75, 3.05) is 0 Å². The maximum absolute atomic E-state index is 3.84. The van der Waals surface area contributed by atoms with Gasteiger partial charge < -0.3 is 0 Å². The van der Waals surface area contributed by atoms with Gasteiger partial charge >= 0.3 is 0 Å². The average molecular weight is 134 g/mol. The maximum Gasteiger partial charge on any atom is 0.0565 e. The van der Waals surface area contributed by atoms with Gasteiger partial charge in [0.1, 0.15) is 0 Å². The van der Waals surface area contributed by atoms with Crippen molar-refractivity contribution in [3.8, 4) is 0 Å². The molecule has 0 spiro atoms. The molecule has 0 bridgehead atoms. The molecule has 52 valence electrons. The Labute approximate surface area is 60.3 Å². The molecule has 1 heterocycles. The Balaban J connectivity index is 2.78. The van der Waals surface area contributed by atoms with E-state index in [0.29, 0.717) is 0 Å². The third-order valence-corrected chi connectivity index (χ3v) is 1.24. The van der Waals surface area contributed by atoms with Gasteiger partial charge in [-0.2, -0.15) is 5.10 Å². The van der Waals surface area contributed by atoms with E-state index >= 15 is 0 Å². The van der Waals surface area contributed by atoms with Gasteiger partial charge in [0.15, 0.2) is 0 Å². The number of H-pyrrole nitrogens is 1. The summed E-state index contributed by atoms with van der Waals surface area (Å²) in [4.78, 5) is 0. The molecule has 10 heavy (non-hydrogen) atoms. The van der Waals surface area contributed by atoms with Crippen molar-refractivity contribution in [2.24, 2.45) is 0 Å². The number of nitrogens with zero attached hydrogens (tertiary/aromatic N) is 1. The molecule has 2 nitrogen and oxygen atoms in total. The number of hydrogen-bond acceptors (Lipinski definition) is 1. The smallest absolute Gasteiger partial charge is 0.0565 e. The zero-order chi connectivity index (χ0) is 7.40. The number of rotatable bonds is 2. The molecule has 0 aliphatic rings. The first-order valence-electron chi connectivity index (χ1n) is 3.15. The van der Waals surface area contributed by atoms with Crippen LogP contribution < -0.4 is 0 Å². The van der Waals surface area contributed by atoms with E-state index in [2.05, 4.69) is 16.8 Å². The van der Waals surface area contributed by atoms with E-state index in [-0.39, 0.29) is 0 Å². The topological polar surface area (TPSA) is 28.7 Å². The lowest BCUT2D eigenvalue weighted by Gasteiger charge is -1.89. The van der Waals surface area contributed by atoms with E-state index in [4.69, 9.17) is 0 Å². The van der Waals surface area contributed by atoms with Crippen molar-refractivity contribution in [3.63, 3.8) is 0 Å². The van der Waals surface area contributed by atoms with Gasteiger partial charge in [-0.15, -0.1) is 0 Å². The van der Waals surface area contributed by atoms with E-state index in [1.807, 2.05) is 25.3 Å². The third-order valence-electron chi connectivity index (χ3n) is 1.24.